The van der Waals surface area contributed by atoms with Crippen LogP contribution in [0.25, 0.3) is 0 Å². The van der Waals surface area contributed by atoms with E-state index in [4.69, 9.17) is 0 Å². The molecule has 2 aromatic rings. The minimum atomic E-state index is -1.09. The third-order valence-electron chi connectivity index (χ3n) is 5.10. The summed E-state index contributed by atoms with van der Waals surface area (Å²) in [5, 5.41) is 18.3. The molecule has 1 aliphatic carbocycles. The number of benzene rings is 1. The van der Waals surface area contributed by atoms with Gasteiger partial charge >= 0.3 is 0 Å². The molecule has 3 atom stereocenters. The van der Waals surface area contributed by atoms with Gasteiger partial charge in [-0.15, -0.1) is 0 Å². The quantitative estimate of drug-likeness (QED) is 0.916. The van der Waals surface area contributed by atoms with Crippen LogP contribution in [0.2, 0.25) is 0 Å². The fourth-order valence-corrected chi connectivity index (χ4v) is 4.00. The van der Waals surface area contributed by atoms with Crippen molar-refractivity contribution in [2.75, 3.05) is 0 Å². The van der Waals surface area contributed by atoms with E-state index in [0.717, 1.165) is 28.9 Å². The maximum Gasteiger partial charge on any atom is 0.136 e. The molecular weight excluding hydrogens is 288 g/mol. The predicted octanol–water partition coefficient (Wildman–Crippen LogP) is 2.92. The van der Waals surface area contributed by atoms with Crippen LogP contribution in [-0.4, -0.2) is 26.7 Å². The van der Waals surface area contributed by atoms with Gasteiger partial charge in [-0.25, -0.2) is 0 Å². The molecule has 1 aromatic heterocycles. The van der Waals surface area contributed by atoms with Crippen LogP contribution >= 0.6 is 0 Å². The normalized spacial score (nSPS) is 26.8. The molecule has 122 valence electrons. The highest BCUT2D eigenvalue weighted by molar-refractivity contribution is 5.82. The molecule has 0 unspecified atom stereocenters. The molecular formula is C19H24N2O2. The largest absolute Gasteiger partial charge is 0.389 e. The molecule has 4 nitrogen and oxygen atoms in total. The SMILES string of the molecule is CCc1ccc([C@@H]2c3c(n[nH]c3C)C[C@](C)(O)[C@H]2C(C)=O)cc1. The van der Waals surface area contributed by atoms with E-state index >= 15 is 0 Å². The maximum atomic E-state index is 12.4. The molecule has 3 rings (SSSR count). The minimum absolute atomic E-state index is 0.0193. The predicted molar refractivity (Wildman–Crippen MR) is 89.5 cm³/mol. The Hall–Kier alpha value is -1.94. The highest BCUT2D eigenvalue weighted by Crippen LogP contribution is 2.46. The standard InChI is InChI=1S/C19H24N2O2/c1-5-13-6-8-14(9-7-13)17-16-11(2)20-21-15(16)10-19(4,23)18(17)12(3)22/h6-9,17-18,23H,5,10H2,1-4H3,(H,20,21)/t17-,18+,19+/m1/s1. The van der Waals surface area contributed by atoms with Crippen molar-refractivity contribution < 1.29 is 9.90 Å². The maximum absolute atomic E-state index is 12.4. The van der Waals surface area contributed by atoms with Crippen LogP contribution < -0.4 is 0 Å². The lowest BCUT2D eigenvalue weighted by Crippen LogP contribution is -2.48. The molecule has 23 heavy (non-hydrogen) atoms. The summed E-state index contributed by atoms with van der Waals surface area (Å²) in [6.45, 7) is 7.43. The number of nitrogens with zero attached hydrogens (tertiary/aromatic N) is 1. The first-order valence-electron chi connectivity index (χ1n) is 8.20. The van der Waals surface area contributed by atoms with E-state index in [0.29, 0.717) is 6.42 Å². The first-order valence-corrected chi connectivity index (χ1v) is 8.20. The molecule has 1 aromatic carbocycles. The Morgan fingerprint density at radius 2 is 2.04 bits per heavy atom. The van der Waals surface area contributed by atoms with E-state index in [9.17, 15) is 9.90 Å². The summed E-state index contributed by atoms with van der Waals surface area (Å²) < 4.78 is 0. The molecule has 4 heteroatoms. The second-order valence-electron chi connectivity index (χ2n) is 6.90. The number of ketones is 1. The highest BCUT2D eigenvalue weighted by atomic mass is 16.3. The van der Waals surface area contributed by atoms with Crippen LogP contribution in [0.5, 0.6) is 0 Å². The molecule has 0 bridgehead atoms. The number of carbonyl (C=O) groups excluding carboxylic acids is 1. The molecule has 1 heterocycles. The Kier molecular flexibility index (Phi) is 3.88. The fraction of sp³-hybridized carbons (Fsp3) is 0.474. The first-order chi connectivity index (χ1) is 10.8. The van der Waals surface area contributed by atoms with E-state index in [1.54, 1.807) is 13.8 Å². The zero-order valence-electron chi connectivity index (χ0n) is 14.2. The van der Waals surface area contributed by atoms with Crippen LogP contribution in [0.4, 0.5) is 0 Å². The van der Waals surface area contributed by atoms with E-state index in [-0.39, 0.29) is 11.7 Å². The highest BCUT2D eigenvalue weighted by Gasteiger charge is 2.48. The van der Waals surface area contributed by atoms with Crippen molar-refractivity contribution in [1.82, 2.24) is 10.2 Å². The molecule has 0 radical (unpaired) electrons. The molecule has 0 aliphatic heterocycles. The fourth-order valence-electron chi connectivity index (χ4n) is 4.00. The zero-order valence-corrected chi connectivity index (χ0v) is 14.2. The van der Waals surface area contributed by atoms with Crippen LogP contribution in [0, 0.1) is 12.8 Å². The molecule has 2 N–H and O–H groups in total. The van der Waals surface area contributed by atoms with Crippen LogP contribution in [0.3, 0.4) is 0 Å². The summed E-state index contributed by atoms with van der Waals surface area (Å²) in [6.07, 6.45) is 1.38. The smallest absolute Gasteiger partial charge is 0.136 e. The van der Waals surface area contributed by atoms with Gasteiger partial charge in [0.25, 0.3) is 0 Å². The Bertz CT molecular complexity index is 728. The molecule has 0 fully saturated rings. The number of aromatic nitrogens is 2. The number of aliphatic hydroxyl groups is 1. The van der Waals surface area contributed by atoms with Crippen LogP contribution in [0.1, 0.15) is 54.8 Å². The lowest BCUT2D eigenvalue weighted by atomic mass is 9.64. The topological polar surface area (TPSA) is 66.0 Å². The third-order valence-corrected chi connectivity index (χ3v) is 5.10. The van der Waals surface area contributed by atoms with Crippen molar-refractivity contribution >= 4 is 5.78 Å². The minimum Gasteiger partial charge on any atom is -0.389 e. The van der Waals surface area contributed by atoms with Crippen molar-refractivity contribution in [3.63, 3.8) is 0 Å². The molecule has 0 saturated carbocycles. The number of aryl methyl sites for hydroxylation is 2. The Balaban J connectivity index is 2.19. The van der Waals surface area contributed by atoms with E-state index in [2.05, 4.69) is 41.4 Å². The van der Waals surface area contributed by atoms with Crippen molar-refractivity contribution in [3.05, 3.63) is 52.3 Å². The van der Waals surface area contributed by atoms with Gasteiger partial charge in [-0.05, 0) is 38.3 Å². The number of H-pyrrole nitrogens is 1. The van der Waals surface area contributed by atoms with Gasteiger partial charge in [-0.2, -0.15) is 5.10 Å². The Morgan fingerprint density at radius 1 is 1.39 bits per heavy atom. The molecule has 1 aliphatic rings. The monoisotopic (exact) mass is 312 g/mol. The van der Waals surface area contributed by atoms with Crippen molar-refractivity contribution in [2.24, 2.45) is 5.92 Å². The Morgan fingerprint density at radius 3 is 2.61 bits per heavy atom. The zero-order chi connectivity index (χ0) is 16.8. The van der Waals surface area contributed by atoms with E-state index in [1.807, 2.05) is 6.92 Å². The summed E-state index contributed by atoms with van der Waals surface area (Å²) in [6, 6.07) is 8.37. The van der Waals surface area contributed by atoms with Gasteiger partial charge in [0.05, 0.1) is 17.2 Å². The molecule has 0 spiro atoms. The van der Waals surface area contributed by atoms with Crippen molar-refractivity contribution in [1.29, 1.82) is 0 Å². The van der Waals surface area contributed by atoms with Gasteiger partial charge < -0.3 is 5.11 Å². The van der Waals surface area contributed by atoms with E-state index < -0.39 is 11.5 Å². The average molecular weight is 312 g/mol. The summed E-state index contributed by atoms with van der Waals surface area (Å²) >= 11 is 0. The third kappa shape index (κ3) is 2.61. The number of nitrogens with one attached hydrogen (secondary N) is 1. The summed E-state index contributed by atoms with van der Waals surface area (Å²) in [4.78, 5) is 12.4. The van der Waals surface area contributed by atoms with Gasteiger partial charge in [-0.3, -0.25) is 9.89 Å². The Labute approximate surface area is 136 Å². The molecule has 0 saturated heterocycles. The van der Waals surface area contributed by atoms with Crippen LogP contribution in [-0.2, 0) is 17.6 Å². The van der Waals surface area contributed by atoms with Crippen molar-refractivity contribution in [2.45, 2.75) is 52.1 Å². The average Bonchev–Trinajstić information content (AvgIpc) is 2.85. The summed E-state index contributed by atoms with van der Waals surface area (Å²) in [5.74, 6) is -0.597. The van der Waals surface area contributed by atoms with Gasteiger partial charge in [0.2, 0.25) is 0 Å². The van der Waals surface area contributed by atoms with E-state index in [1.165, 1.54) is 5.56 Å². The number of hydrogen-bond acceptors (Lipinski definition) is 3. The number of Topliss-reactive ketones (excluding diaryl/α,β-unsaturated/α-hetero) is 1. The lowest BCUT2D eigenvalue weighted by Gasteiger charge is -2.41. The van der Waals surface area contributed by atoms with Gasteiger partial charge in [0.15, 0.2) is 0 Å². The first kappa shape index (κ1) is 15.9. The number of carbonyl (C=O) groups is 1. The van der Waals surface area contributed by atoms with Gasteiger partial charge in [-0.1, -0.05) is 31.2 Å². The van der Waals surface area contributed by atoms with Gasteiger partial charge in [0, 0.05) is 23.6 Å². The number of rotatable bonds is 3. The molecule has 0 amide bonds. The van der Waals surface area contributed by atoms with Crippen LogP contribution in [0.15, 0.2) is 24.3 Å². The van der Waals surface area contributed by atoms with Crippen molar-refractivity contribution in [3.8, 4) is 0 Å². The summed E-state index contributed by atoms with van der Waals surface area (Å²) in [7, 11) is 0. The number of fused-ring (bicyclic) bond motifs is 1. The summed E-state index contributed by atoms with van der Waals surface area (Å²) in [5.41, 5.74) is 4.16. The number of aromatic amines is 1. The second kappa shape index (κ2) is 5.60. The second-order valence-corrected chi connectivity index (χ2v) is 6.90. The lowest BCUT2D eigenvalue weighted by molar-refractivity contribution is -0.130. The van der Waals surface area contributed by atoms with Gasteiger partial charge in [0.1, 0.15) is 5.78 Å². The number of hydrogen-bond donors (Lipinski definition) is 2.